The Kier molecular flexibility index (Phi) is 4.03. The minimum absolute atomic E-state index is 0.00474. The van der Waals surface area contributed by atoms with Crippen molar-refractivity contribution in [3.8, 4) is 0 Å². The Bertz CT molecular complexity index is 694. The molecule has 114 valence electrons. The van der Waals surface area contributed by atoms with E-state index >= 15 is 0 Å². The summed E-state index contributed by atoms with van der Waals surface area (Å²) >= 11 is 0. The topological polar surface area (TPSA) is 107 Å². The van der Waals surface area contributed by atoms with Crippen molar-refractivity contribution in [3.63, 3.8) is 0 Å². The van der Waals surface area contributed by atoms with E-state index in [0.717, 1.165) is 4.57 Å². The fourth-order valence-electron chi connectivity index (χ4n) is 2.17. The Hall–Kier alpha value is -2.29. The van der Waals surface area contributed by atoms with E-state index in [1.807, 2.05) is 0 Å². The van der Waals surface area contributed by atoms with Gasteiger partial charge in [0.25, 0.3) is 5.56 Å². The van der Waals surface area contributed by atoms with Crippen LogP contribution >= 0.6 is 0 Å². The average molecular weight is 300 g/mol. The van der Waals surface area contributed by atoms with Gasteiger partial charge < -0.3 is 9.47 Å². The lowest BCUT2D eigenvalue weighted by atomic mass is 10.1. The number of nitrogens with one attached hydrogen (secondary N) is 1. The standard InChI is InChI=1S/C12H13FN2O6/c1-5(16)10-8(20-6(2)17)3-9(21-10)15-4-7(13)11(18)14-12(15)19/h4,8-10H,3H2,1-2H3,(H,14,18,19)/t8-,9+,10+/m0/s1. The molecule has 0 spiro atoms. The second-order valence-electron chi connectivity index (χ2n) is 4.65. The van der Waals surface area contributed by atoms with Crippen molar-refractivity contribution < 1.29 is 23.5 Å². The molecule has 3 atom stereocenters. The second-order valence-corrected chi connectivity index (χ2v) is 4.65. The molecule has 2 rings (SSSR count). The first-order valence-corrected chi connectivity index (χ1v) is 6.13. The van der Waals surface area contributed by atoms with Gasteiger partial charge in [-0.25, -0.2) is 4.79 Å². The van der Waals surface area contributed by atoms with Crippen molar-refractivity contribution in [3.05, 3.63) is 32.9 Å². The summed E-state index contributed by atoms with van der Waals surface area (Å²) in [7, 11) is 0. The van der Waals surface area contributed by atoms with Gasteiger partial charge in [0.05, 0.1) is 6.20 Å². The average Bonchev–Trinajstić information content (AvgIpc) is 2.76. The molecule has 8 nitrogen and oxygen atoms in total. The highest BCUT2D eigenvalue weighted by atomic mass is 19.1. The summed E-state index contributed by atoms with van der Waals surface area (Å²) in [4.78, 5) is 46.9. The van der Waals surface area contributed by atoms with Crippen molar-refractivity contribution in [2.45, 2.75) is 38.7 Å². The Balaban J connectivity index is 2.32. The van der Waals surface area contributed by atoms with Crippen molar-refractivity contribution in [2.24, 2.45) is 0 Å². The molecule has 1 aromatic heterocycles. The number of nitrogens with zero attached hydrogens (tertiary/aromatic N) is 1. The van der Waals surface area contributed by atoms with Crippen molar-refractivity contribution in [2.75, 3.05) is 0 Å². The molecular formula is C12H13FN2O6. The zero-order valence-corrected chi connectivity index (χ0v) is 11.3. The van der Waals surface area contributed by atoms with Gasteiger partial charge in [0.2, 0.25) is 5.82 Å². The van der Waals surface area contributed by atoms with Gasteiger partial charge in [-0.1, -0.05) is 0 Å². The van der Waals surface area contributed by atoms with Crippen LogP contribution in [0.2, 0.25) is 0 Å². The molecule has 1 N–H and O–H groups in total. The summed E-state index contributed by atoms with van der Waals surface area (Å²) in [6.07, 6.45) is -2.23. The van der Waals surface area contributed by atoms with Crippen LogP contribution in [0.1, 0.15) is 26.5 Å². The summed E-state index contributed by atoms with van der Waals surface area (Å²) in [6, 6.07) is 0. The normalized spacial score (nSPS) is 24.8. The van der Waals surface area contributed by atoms with E-state index < -0.39 is 41.5 Å². The van der Waals surface area contributed by atoms with Gasteiger partial charge in [0.1, 0.15) is 12.3 Å². The monoisotopic (exact) mass is 300 g/mol. The number of aromatic nitrogens is 2. The number of ether oxygens (including phenoxy) is 2. The van der Waals surface area contributed by atoms with E-state index in [2.05, 4.69) is 0 Å². The van der Waals surface area contributed by atoms with Crippen LogP contribution in [0.15, 0.2) is 15.8 Å². The number of H-pyrrole nitrogens is 1. The molecule has 1 saturated heterocycles. The molecular weight excluding hydrogens is 287 g/mol. The first-order valence-electron chi connectivity index (χ1n) is 6.13. The fraction of sp³-hybridized carbons (Fsp3) is 0.500. The Morgan fingerprint density at radius 2 is 2.10 bits per heavy atom. The molecule has 0 unspecified atom stereocenters. The highest BCUT2D eigenvalue weighted by Gasteiger charge is 2.41. The molecule has 9 heteroatoms. The van der Waals surface area contributed by atoms with Crippen LogP contribution < -0.4 is 11.2 Å². The van der Waals surface area contributed by atoms with Crippen LogP contribution in [0.4, 0.5) is 4.39 Å². The minimum atomic E-state index is -1.16. The Morgan fingerprint density at radius 1 is 1.43 bits per heavy atom. The van der Waals surface area contributed by atoms with E-state index in [4.69, 9.17) is 9.47 Å². The van der Waals surface area contributed by atoms with Crippen LogP contribution in [-0.4, -0.2) is 33.5 Å². The predicted molar refractivity (Wildman–Crippen MR) is 66.0 cm³/mol. The van der Waals surface area contributed by atoms with E-state index in [1.54, 1.807) is 4.98 Å². The molecule has 0 bridgehead atoms. The third-order valence-corrected chi connectivity index (χ3v) is 3.03. The Labute approximate surface area is 117 Å². The molecule has 1 aliphatic heterocycles. The molecule has 1 aliphatic rings. The van der Waals surface area contributed by atoms with Crippen LogP contribution in [0, 0.1) is 5.82 Å². The molecule has 0 radical (unpaired) electrons. The first-order chi connectivity index (χ1) is 9.79. The number of halogens is 1. The molecule has 0 amide bonds. The highest BCUT2D eigenvalue weighted by molar-refractivity contribution is 5.82. The third-order valence-electron chi connectivity index (χ3n) is 3.03. The molecule has 1 aromatic rings. The van der Waals surface area contributed by atoms with Crippen LogP contribution in [-0.2, 0) is 19.1 Å². The summed E-state index contributed by atoms with van der Waals surface area (Å²) < 4.78 is 24.4. The largest absolute Gasteiger partial charge is 0.459 e. The Morgan fingerprint density at radius 3 is 2.67 bits per heavy atom. The lowest BCUT2D eigenvalue weighted by Gasteiger charge is -2.15. The maximum atomic E-state index is 13.3. The van der Waals surface area contributed by atoms with Gasteiger partial charge in [-0.15, -0.1) is 0 Å². The van der Waals surface area contributed by atoms with Gasteiger partial charge in [-0.05, 0) is 6.92 Å². The smallest absolute Gasteiger partial charge is 0.330 e. The van der Waals surface area contributed by atoms with Gasteiger partial charge in [0.15, 0.2) is 11.9 Å². The molecule has 0 aromatic carbocycles. The van der Waals surface area contributed by atoms with E-state index in [9.17, 15) is 23.6 Å². The molecule has 1 fully saturated rings. The van der Waals surface area contributed by atoms with E-state index in [-0.39, 0.29) is 12.2 Å². The van der Waals surface area contributed by atoms with E-state index in [0.29, 0.717) is 6.20 Å². The van der Waals surface area contributed by atoms with Crippen LogP contribution in [0.25, 0.3) is 0 Å². The fourth-order valence-corrected chi connectivity index (χ4v) is 2.17. The molecule has 0 aliphatic carbocycles. The second kappa shape index (κ2) is 5.60. The number of esters is 1. The maximum Gasteiger partial charge on any atom is 0.330 e. The number of Topliss-reactive ketones (excluding diaryl/α,β-unsaturated/α-hetero) is 1. The van der Waals surface area contributed by atoms with Gasteiger partial charge in [-0.2, -0.15) is 4.39 Å². The highest BCUT2D eigenvalue weighted by Crippen LogP contribution is 2.30. The lowest BCUT2D eigenvalue weighted by Crippen LogP contribution is -2.34. The third kappa shape index (κ3) is 3.07. The minimum Gasteiger partial charge on any atom is -0.459 e. The summed E-state index contributed by atoms with van der Waals surface area (Å²) in [5, 5.41) is 0. The quantitative estimate of drug-likeness (QED) is 0.753. The molecule has 2 heterocycles. The van der Waals surface area contributed by atoms with Gasteiger partial charge in [-0.3, -0.25) is 23.9 Å². The zero-order chi connectivity index (χ0) is 15.7. The number of ketones is 1. The molecule has 21 heavy (non-hydrogen) atoms. The maximum absolute atomic E-state index is 13.3. The number of hydrogen-bond donors (Lipinski definition) is 1. The van der Waals surface area contributed by atoms with Gasteiger partial charge >= 0.3 is 11.7 Å². The van der Waals surface area contributed by atoms with Crippen molar-refractivity contribution >= 4 is 11.8 Å². The van der Waals surface area contributed by atoms with Crippen molar-refractivity contribution in [1.29, 1.82) is 0 Å². The predicted octanol–water partition coefficient (Wildman–Crippen LogP) is -0.516. The molecule has 0 saturated carbocycles. The van der Waals surface area contributed by atoms with Gasteiger partial charge in [0, 0.05) is 13.3 Å². The first kappa shape index (κ1) is 15.1. The summed E-state index contributed by atoms with van der Waals surface area (Å²) in [5.41, 5.74) is -2.02. The SMILES string of the molecule is CC(=O)O[C@H]1C[C@H](n2cc(F)c(=O)[nH]c2=O)O[C@@H]1C(C)=O. The zero-order valence-electron chi connectivity index (χ0n) is 11.3. The van der Waals surface area contributed by atoms with Crippen LogP contribution in [0.3, 0.4) is 0 Å². The summed E-state index contributed by atoms with van der Waals surface area (Å²) in [6.45, 7) is 2.43. The lowest BCUT2D eigenvalue weighted by molar-refractivity contribution is -0.152. The van der Waals surface area contributed by atoms with E-state index in [1.165, 1.54) is 13.8 Å². The number of aromatic amines is 1. The summed E-state index contributed by atoms with van der Waals surface area (Å²) in [5.74, 6) is -2.15. The number of rotatable bonds is 3. The number of carbonyl (C=O) groups is 2. The number of hydrogen-bond acceptors (Lipinski definition) is 6. The van der Waals surface area contributed by atoms with Crippen LogP contribution in [0.5, 0.6) is 0 Å². The van der Waals surface area contributed by atoms with Crippen molar-refractivity contribution in [1.82, 2.24) is 9.55 Å². The number of carbonyl (C=O) groups excluding carboxylic acids is 2.